The average Bonchev–Trinajstić information content (AvgIpc) is 3.14. The van der Waals surface area contributed by atoms with Crippen LogP contribution in [-0.4, -0.2) is 32.9 Å². The highest BCUT2D eigenvalue weighted by atomic mass is 28.3. The molecule has 2 aromatic carbocycles. The summed E-state index contributed by atoms with van der Waals surface area (Å²) in [5.41, 5.74) is 1.54. The minimum absolute atomic E-state index is 0.0186. The fraction of sp³-hybridized carbons (Fsp3) is 0.594. The van der Waals surface area contributed by atoms with Crippen molar-refractivity contribution < 1.29 is 14.3 Å². The fourth-order valence-electron chi connectivity index (χ4n) is 6.89. The summed E-state index contributed by atoms with van der Waals surface area (Å²) in [7, 11) is -2.02. The second-order valence-corrected chi connectivity index (χ2v) is 18.5. The molecule has 2 bridgehead atoms. The van der Waals surface area contributed by atoms with Gasteiger partial charge in [0.15, 0.2) is 0 Å². The molecular formula is C32H46O3Si. The Morgan fingerprint density at radius 2 is 1.58 bits per heavy atom. The number of benzene rings is 2. The Morgan fingerprint density at radius 3 is 2.17 bits per heavy atom. The summed E-state index contributed by atoms with van der Waals surface area (Å²) >= 11 is 0. The van der Waals surface area contributed by atoms with Crippen molar-refractivity contribution in [2.24, 2.45) is 22.2 Å². The number of carbonyl (C=O) groups excluding carboxylic acids is 1. The van der Waals surface area contributed by atoms with Crippen LogP contribution in [0.1, 0.15) is 71.9 Å². The molecule has 0 heterocycles. The van der Waals surface area contributed by atoms with Gasteiger partial charge in [-0.2, -0.15) is 0 Å². The van der Waals surface area contributed by atoms with E-state index in [-0.39, 0.29) is 40.0 Å². The van der Waals surface area contributed by atoms with Gasteiger partial charge in [0, 0.05) is 11.3 Å². The molecular weight excluding hydrogens is 460 g/mol. The molecule has 36 heavy (non-hydrogen) atoms. The third-order valence-electron chi connectivity index (χ3n) is 9.62. The summed E-state index contributed by atoms with van der Waals surface area (Å²) in [5.74, 6) is 0.257. The Kier molecular flexibility index (Phi) is 7.35. The molecule has 0 N–H and O–H groups in total. The van der Waals surface area contributed by atoms with Crippen LogP contribution in [0.15, 0.2) is 60.7 Å². The summed E-state index contributed by atoms with van der Waals surface area (Å²) in [6, 6.07) is 21.3. The van der Waals surface area contributed by atoms with Crippen LogP contribution in [0, 0.1) is 22.2 Å². The van der Waals surface area contributed by atoms with Crippen LogP contribution in [0.2, 0.25) is 13.1 Å². The molecule has 0 spiro atoms. The first-order valence-corrected chi connectivity index (χ1v) is 16.8. The maximum absolute atomic E-state index is 13.7. The lowest BCUT2D eigenvalue weighted by Crippen LogP contribution is -2.49. The number of esters is 1. The van der Waals surface area contributed by atoms with Gasteiger partial charge in [-0.25, -0.2) is 0 Å². The predicted octanol–water partition coefficient (Wildman–Crippen LogP) is 7.11. The van der Waals surface area contributed by atoms with Crippen molar-refractivity contribution in [2.45, 2.75) is 91.6 Å². The molecule has 0 aliphatic heterocycles. The molecule has 2 aliphatic rings. The second kappa shape index (κ2) is 9.76. The van der Waals surface area contributed by atoms with Gasteiger partial charge in [-0.05, 0) is 34.8 Å². The van der Waals surface area contributed by atoms with Gasteiger partial charge in [-0.15, -0.1) is 0 Å². The van der Waals surface area contributed by atoms with Crippen LogP contribution >= 0.6 is 0 Å². The largest absolute Gasteiger partial charge is 0.459 e. The third-order valence-corrected chi connectivity index (χ3v) is 13.7. The molecule has 5 atom stereocenters. The van der Waals surface area contributed by atoms with E-state index in [0.717, 1.165) is 12.8 Å². The molecule has 4 rings (SSSR count). The summed E-state index contributed by atoms with van der Waals surface area (Å²) in [4.78, 5) is 13.7. The van der Waals surface area contributed by atoms with Crippen LogP contribution in [0.4, 0.5) is 0 Å². The van der Waals surface area contributed by atoms with E-state index in [9.17, 15) is 4.79 Å². The first-order valence-electron chi connectivity index (χ1n) is 13.7. The Morgan fingerprint density at radius 1 is 1.00 bits per heavy atom. The molecule has 2 saturated carbocycles. The van der Waals surface area contributed by atoms with Crippen LogP contribution in [0.3, 0.4) is 0 Å². The van der Waals surface area contributed by atoms with Gasteiger partial charge < -0.3 is 9.47 Å². The van der Waals surface area contributed by atoms with Crippen LogP contribution in [0.5, 0.6) is 0 Å². The lowest BCUT2D eigenvalue weighted by molar-refractivity contribution is -0.169. The first-order chi connectivity index (χ1) is 16.8. The van der Waals surface area contributed by atoms with Crippen LogP contribution in [0.25, 0.3) is 0 Å². The second-order valence-electron chi connectivity index (χ2n) is 13.8. The van der Waals surface area contributed by atoms with Crippen molar-refractivity contribution in [1.82, 2.24) is 0 Å². The Labute approximate surface area is 220 Å². The fourth-order valence-corrected chi connectivity index (χ4v) is 10.0. The van der Waals surface area contributed by atoms with Crippen molar-refractivity contribution in [3.8, 4) is 0 Å². The quantitative estimate of drug-likeness (QED) is 0.283. The molecule has 0 aromatic heterocycles. The van der Waals surface area contributed by atoms with Crippen molar-refractivity contribution in [3.05, 3.63) is 66.2 Å². The standard InChI is InChI=1S/C32H46O3Si/c1-30(2,3)22-34-29-28(25-19-20-32(29,6)31(25,4)5)35-27(33)21-26(23-15-11-9-12-16-23)36(7,8)24-17-13-10-14-18-24/h9-18,25-26,28-29H,19-22H2,1-8H3/t25-,26-,28-,29-,32+/m1/s1. The topological polar surface area (TPSA) is 35.5 Å². The monoisotopic (exact) mass is 506 g/mol. The van der Waals surface area contributed by atoms with Gasteiger partial charge in [0.2, 0.25) is 0 Å². The number of hydrogen-bond donors (Lipinski definition) is 0. The number of fused-ring (bicyclic) bond motifs is 2. The normalized spacial score (nSPS) is 28.2. The number of rotatable bonds is 8. The van der Waals surface area contributed by atoms with Gasteiger partial charge >= 0.3 is 5.97 Å². The zero-order valence-corrected chi connectivity index (χ0v) is 24.6. The highest BCUT2D eigenvalue weighted by Gasteiger charge is 2.68. The Balaban J connectivity index is 1.59. The number of hydrogen-bond acceptors (Lipinski definition) is 3. The van der Waals surface area contributed by atoms with Crippen LogP contribution in [-0.2, 0) is 14.3 Å². The Bertz CT molecular complexity index is 1040. The van der Waals surface area contributed by atoms with Gasteiger partial charge in [-0.1, -0.05) is 120 Å². The molecule has 196 valence electrons. The lowest BCUT2D eigenvalue weighted by atomic mass is 9.70. The zero-order valence-electron chi connectivity index (χ0n) is 23.6. The highest BCUT2D eigenvalue weighted by molar-refractivity contribution is 6.91. The molecule has 3 nitrogen and oxygen atoms in total. The maximum atomic E-state index is 13.7. The van der Waals surface area contributed by atoms with E-state index in [1.54, 1.807) is 0 Å². The number of carbonyl (C=O) groups is 1. The van der Waals surface area contributed by atoms with Gasteiger partial charge in [-0.3, -0.25) is 4.79 Å². The van der Waals surface area contributed by atoms with Crippen LogP contribution < -0.4 is 5.19 Å². The lowest BCUT2D eigenvalue weighted by Gasteiger charge is -2.40. The van der Waals surface area contributed by atoms with Gasteiger partial charge in [0.05, 0.1) is 21.1 Å². The first kappa shape index (κ1) is 27.1. The minimum atomic E-state index is -2.02. The Hall–Kier alpha value is -1.91. The zero-order chi connectivity index (χ0) is 26.4. The molecule has 2 aromatic rings. The third kappa shape index (κ3) is 4.96. The van der Waals surface area contributed by atoms with Crippen molar-refractivity contribution in [3.63, 3.8) is 0 Å². The van der Waals surface area contributed by atoms with E-state index in [1.165, 1.54) is 10.8 Å². The van der Waals surface area contributed by atoms with E-state index in [0.29, 0.717) is 18.9 Å². The smallest absolute Gasteiger partial charge is 0.306 e. The summed E-state index contributed by atoms with van der Waals surface area (Å²) in [6.45, 7) is 19.1. The summed E-state index contributed by atoms with van der Waals surface area (Å²) < 4.78 is 13.1. The molecule has 2 aliphatic carbocycles. The van der Waals surface area contributed by atoms with Crippen molar-refractivity contribution >= 4 is 19.2 Å². The van der Waals surface area contributed by atoms with Gasteiger partial charge in [0.1, 0.15) is 12.2 Å². The summed E-state index contributed by atoms with van der Waals surface area (Å²) in [6.07, 6.45) is 2.41. The molecule has 2 fully saturated rings. The minimum Gasteiger partial charge on any atom is -0.459 e. The van der Waals surface area contributed by atoms with E-state index in [1.807, 2.05) is 6.07 Å². The highest BCUT2D eigenvalue weighted by Crippen LogP contribution is 2.67. The SMILES string of the molecule is CC(C)(C)CO[C@@H]1[C@H](OC(=O)C[C@H](c2ccccc2)[Si](C)(C)c2ccccc2)[C@H]2CC[C@]1(C)C2(C)C. The van der Waals surface area contributed by atoms with Gasteiger partial charge in [0.25, 0.3) is 0 Å². The van der Waals surface area contributed by atoms with Crippen molar-refractivity contribution in [1.29, 1.82) is 0 Å². The maximum Gasteiger partial charge on any atom is 0.306 e. The average molecular weight is 507 g/mol. The van der Waals surface area contributed by atoms with E-state index in [2.05, 4.69) is 109 Å². The van der Waals surface area contributed by atoms with Crippen molar-refractivity contribution in [2.75, 3.05) is 6.61 Å². The molecule has 0 saturated heterocycles. The van der Waals surface area contributed by atoms with E-state index >= 15 is 0 Å². The van der Waals surface area contributed by atoms with E-state index in [4.69, 9.17) is 9.47 Å². The predicted molar refractivity (Wildman–Crippen MR) is 151 cm³/mol. The molecule has 0 amide bonds. The number of ether oxygens (including phenoxy) is 2. The molecule has 0 radical (unpaired) electrons. The molecule has 0 unspecified atom stereocenters. The van der Waals surface area contributed by atoms with E-state index < -0.39 is 8.07 Å². The molecule has 4 heteroatoms. The summed E-state index contributed by atoms with van der Waals surface area (Å²) in [5, 5.41) is 1.37.